The summed E-state index contributed by atoms with van der Waals surface area (Å²) < 4.78 is 13.0. The lowest BCUT2D eigenvalue weighted by atomic mass is 10.1. The number of nitrogens with zero attached hydrogens (tertiary/aromatic N) is 2. The summed E-state index contributed by atoms with van der Waals surface area (Å²) in [4.78, 5) is 4.71. The van der Waals surface area contributed by atoms with Crippen molar-refractivity contribution in [3.63, 3.8) is 0 Å². The van der Waals surface area contributed by atoms with E-state index >= 15 is 0 Å². The summed E-state index contributed by atoms with van der Waals surface area (Å²) in [6.45, 7) is 6.32. The van der Waals surface area contributed by atoms with Gasteiger partial charge in [0.25, 0.3) is 0 Å². The van der Waals surface area contributed by atoms with Crippen LogP contribution in [0.5, 0.6) is 11.5 Å². The molecular weight excluding hydrogens is 288 g/mol. The molecule has 0 fully saturated rings. The molecule has 1 atom stereocenters. The summed E-state index contributed by atoms with van der Waals surface area (Å²) in [5.41, 5.74) is 1.94. The van der Waals surface area contributed by atoms with Gasteiger partial charge in [0, 0.05) is 18.2 Å². The van der Waals surface area contributed by atoms with Gasteiger partial charge in [-0.25, -0.2) is 4.98 Å². The van der Waals surface area contributed by atoms with Crippen molar-refractivity contribution in [1.82, 2.24) is 9.55 Å². The van der Waals surface area contributed by atoms with E-state index in [0.717, 1.165) is 29.7 Å². The Morgan fingerprint density at radius 1 is 1.14 bits per heavy atom. The second kappa shape index (κ2) is 6.56. The molecule has 2 rings (SSSR count). The Labute approximate surface area is 131 Å². The highest BCUT2D eigenvalue weighted by atomic mass is 35.5. The summed E-state index contributed by atoms with van der Waals surface area (Å²) in [6, 6.07) is 4.28. The molecule has 0 aliphatic rings. The molecule has 0 aliphatic heterocycles. The number of benzene rings is 1. The molecule has 0 bridgehead atoms. The Kier molecular flexibility index (Phi) is 4.99. The van der Waals surface area contributed by atoms with E-state index < -0.39 is 0 Å². The maximum atomic E-state index is 6.34. The van der Waals surface area contributed by atoms with E-state index in [1.807, 2.05) is 19.1 Å². The lowest BCUT2D eigenvalue weighted by molar-refractivity contribution is 0.355. The quantitative estimate of drug-likeness (QED) is 0.725. The van der Waals surface area contributed by atoms with Gasteiger partial charge in [0.1, 0.15) is 5.82 Å². The topological polar surface area (TPSA) is 36.3 Å². The second-order valence-corrected chi connectivity index (χ2v) is 5.78. The standard InChI is InChI=1S/C16H23ClN2O2/c1-6-11(7-2)19-13-9-15(21-5)14(20-4)8-12(13)18-16(19)10(3)17/h8-11H,6-7H2,1-5H3. The van der Waals surface area contributed by atoms with E-state index in [1.165, 1.54) is 0 Å². The van der Waals surface area contributed by atoms with Crippen LogP contribution in [-0.2, 0) is 0 Å². The molecule has 0 radical (unpaired) electrons. The van der Waals surface area contributed by atoms with Crippen LogP contribution < -0.4 is 9.47 Å². The van der Waals surface area contributed by atoms with Crippen molar-refractivity contribution in [3.05, 3.63) is 18.0 Å². The first-order valence-corrected chi connectivity index (χ1v) is 7.78. The summed E-state index contributed by atoms with van der Waals surface area (Å²) in [5, 5.41) is -0.144. The Hall–Kier alpha value is -1.42. The molecule has 0 saturated heterocycles. The van der Waals surface area contributed by atoms with Crippen LogP contribution in [0.2, 0.25) is 0 Å². The van der Waals surface area contributed by atoms with Crippen molar-refractivity contribution in [2.24, 2.45) is 0 Å². The SMILES string of the molecule is CCC(CC)n1c(C(C)Cl)nc2cc(OC)c(OC)cc21. The fourth-order valence-corrected chi connectivity index (χ4v) is 2.91. The minimum Gasteiger partial charge on any atom is -0.493 e. The van der Waals surface area contributed by atoms with Gasteiger partial charge < -0.3 is 14.0 Å². The normalized spacial score (nSPS) is 12.9. The summed E-state index contributed by atoms with van der Waals surface area (Å²) >= 11 is 6.34. The van der Waals surface area contributed by atoms with Crippen molar-refractivity contribution < 1.29 is 9.47 Å². The van der Waals surface area contributed by atoms with Crippen LogP contribution in [0, 0.1) is 0 Å². The third-order valence-corrected chi connectivity index (χ3v) is 4.08. The highest BCUT2D eigenvalue weighted by molar-refractivity contribution is 6.20. The van der Waals surface area contributed by atoms with Crippen molar-refractivity contribution in [3.8, 4) is 11.5 Å². The van der Waals surface area contributed by atoms with Crippen LogP contribution >= 0.6 is 11.6 Å². The Morgan fingerprint density at radius 2 is 1.71 bits per heavy atom. The van der Waals surface area contributed by atoms with E-state index in [2.05, 4.69) is 18.4 Å². The number of rotatable bonds is 6. The van der Waals surface area contributed by atoms with Crippen LogP contribution in [0.4, 0.5) is 0 Å². The molecule has 0 amide bonds. The lowest BCUT2D eigenvalue weighted by Gasteiger charge is -2.20. The largest absolute Gasteiger partial charge is 0.493 e. The number of aromatic nitrogens is 2. The van der Waals surface area contributed by atoms with Crippen LogP contribution in [0.3, 0.4) is 0 Å². The number of fused-ring (bicyclic) bond motifs is 1. The monoisotopic (exact) mass is 310 g/mol. The van der Waals surface area contributed by atoms with Gasteiger partial charge in [-0.05, 0) is 19.8 Å². The molecular formula is C16H23ClN2O2. The van der Waals surface area contributed by atoms with Gasteiger partial charge in [0.2, 0.25) is 0 Å². The molecule has 116 valence electrons. The molecule has 0 saturated carbocycles. The average Bonchev–Trinajstić information content (AvgIpc) is 2.86. The molecule has 0 aliphatic carbocycles. The fourth-order valence-electron chi connectivity index (χ4n) is 2.76. The second-order valence-electron chi connectivity index (χ2n) is 5.12. The predicted octanol–water partition coefficient (Wildman–Crippen LogP) is 4.71. The van der Waals surface area contributed by atoms with Crippen molar-refractivity contribution >= 4 is 22.6 Å². The first-order chi connectivity index (χ1) is 10.1. The molecule has 0 N–H and O–H groups in total. The minimum atomic E-state index is -0.144. The van der Waals surface area contributed by atoms with Gasteiger partial charge in [-0.1, -0.05) is 13.8 Å². The number of methoxy groups -OCH3 is 2. The van der Waals surface area contributed by atoms with Gasteiger partial charge in [-0.3, -0.25) is 0 Å². The summed E-state index contributed by atoms with van der Waals surface area (Å²) in [6.07, 6.45) is 2.07. The fraction of sp³-hybridized carbons (Fsp3) is 0.562. The maximum absolute atomic E-state index is 6.34. The molecule has 1 aromatic carbocycles. The molecule has 2 aromatic rings. The number of halogens is 1. The highest BCUT2D eigenvalue weighted by Gasteiger charge is 2.21. The van der Waals surface area contributed by atoms with Crippen LogP contribution in [0.15, 0.2) is 12.1 Å². The van der Waals surface area contributed by atoms with Crippen molar-refractivity contribution in [2.45, 2.75) is 45.0 Å². The zero-order valence-corrected chi connectivity index (χ0v) is 14.1. The van der Waals surface area contributed by atoms with Crippen LogP contribution in [-0.4, -0.2) is 23.8 Å². The zero-order chi connectivity index (χ0) is 15.6. The number of hydrogen-bond donors (Lipinski definition) is 0. The predicted molar refractivity (Wildman–Crippen MR) is 86.7 cm³/mol. The van der Waals surface area contributed by atoms with Gasteiger partial charge >= 0.3 is 0 Å². The van der Waals surface area contributed by atoms with Crippen LogP contribution in [0.1, 0.15) is 50.9 Å². The lowest BCUT2D eigenvalue weighted by Crippen LogP contribution is -2.11. The van der Waals surface area contributed by atoms with Gasteiger partial charge in [0.05, 0.1) is 30.6 Å². The number of imidazole rings is 1. The van der Waals surface area contributed by atoms with Crippen LogP contribution in [0.25, 0.3) is 11.0 Å². The molecule has 0 spiro atoms. The smallest absolute Gasteiger partial charge is 0.163 e. The third-order valence-electron chi connectivity index (χ3n) is 3.89. The van der Waals surface area contributed by atoms with E-state index in [9.17, 15) is 0 Å². The first kappa shape index (κ1) is 16.0. The summed E-state index contributed by atoms with van der Waals surface area (Å²) in [7, 11) is 3.28. The van der Waals surface area contributed by atoms with Gasteiger partial charge in [-0.2, -0.15) is 0 Å². The minimum absolute atomic E-state index is 0.144. The Bertz CT molecular complexity index is 618. The Morgan fingerprint density at radius 3 is 2.19 bits per heavy atom. The third kappa shape index (κ3) is 2.82. The first-order valence-electron chi connectivity index (χ1n) is 7.35. The number of hydrogen-bond acceptors (Lipinski definition) is 3. The molecule has 1 unspecified atom stereocenters. The Balaban J connectivity index is 2.75. The molecule has 21 heavy (non-hydrogen) atoms. The molecule has 1 aromatic heterocycles. The zero-order valence-electron chi connectivity index (χ0n) is 13.3. The van der Waals surface area contributed by atoms with E-state index in [-0.39, 0.29) is 5.38 Å². The number of alkyl halides is 1. The van der Waals surface area contributed by atoms with E-state index in [0.29, 0.717) is 17.5 Å². The van der Waals surface area contributed by atoms with Crippen molar-refractivity contribution in [1.29, 1.82) is 0 Å². The molecule has 4 nitrogen and oxygen atoms in total. The molecule has 5 heteroatoms. The summed E-state index contributed by atoms with van der Waals surface area (Å²) in [5.74, 6) is 2.30. The maximum Gasteiger partial charge on any atom is 0.163 e. The van der Waals surface area contributed by atoms with Crippen molar-refractivity contribution in [2.75, 3.05) is 14.2 Å². The number of ether oxygens (including phenoxy) is 2. The van der Waals surface area contributed by atoms with Gasteiger partial charge in [-0.15, -0.1) is 11.6 Å². The van der Waals surface area contributed by atoms with Gasteiger partial charge in [0.15, 0.2) is 11.5 Å². The molecule has 1 heterocycles. The highest BCUT2D eigenvalue weighted by Crippen LogP contribution is 2.36. The van der Waals surface area contributed by atoms with E-state index in [4.69, 9.17) is 26.1 Å². The van der Waals surface area contributed by atoms with E-state index in [1.54, 1.807) is 14.2 Å². The average molecular weight is 311 g/mol.